The second-order valence-electron chi connectivity index (χ2n) is 4.12. The molecule has 4 heteroatoms. The highest BCUT2D eigenvalue weighted by Crippen LogP contribution is 2.18. The first kappa shape index (κ1) is 16.0. The van der Waals surface area contributed by atoms with Gasteiger partial charge in [-0.2, -0.15) is 0 Å². The third-order valence-corrected chi connectivity index (χ3v) is 2.66. The van der Waals surface area contributed by atoms with Gasteiger partial charge >= 0.3 is 0 Å². The van der Waals surface area contributed by atoms with Crippen LogP contribution in [0.1, 0.15) is 25.8 Å². The van der Waals surface area contributed by atoms with Gasteiger partial charge in [-0.25, -0.2) is 0 Å². The maximum Gasteiger partial charge on any atom is 0.160 e. The Bertz CT molecular complexity index is 338. The first-order valence-electron chi connectivity index (χ1n) is 6.90. The van der Waals surface area contributed by atoms with Crippen molar-refractivity contribution >= 4 is 0 Å². The highest BCUT2D eigenvalue weighted by molar-refractivity contribution is 5.33. The molecule has 0 amide bonds. The van der Waals surface area contributed by atoms with E-state index in [1.807, 2.05) is 39.1 Å². The molecule has 0 aliphatic heterocycles. The van der Waals surface area contributed by atoms with E-state index in [1.165, 1.54) is 0 Å². The van der Waals surface area contributed by atoms with E-state index < -0.39 is 0 Å². The van der Waals surface area contributed by atoms with E-state index in [9.17, 15) is 0 Å². The fraction of sp³-hybridized carbons (Fsp3) is 0.600. The maximum atomic E-state index is 5.81. The predicted octanol–water partition coefficient (Wildman–Crippen LogP) is 2.57. The van der Waals surface area contributed by atoms with E-state index in [0.29, 0.717) is 19.8 Å². The van der Waals surface area contributed by atoms with E-state index in [4.69, 9.17) is 14.2 Å². The van der Waals surface area contributed by atoms with Crippen LogP contribution in [0.2, 0.25) is 0 Å². The number of rotatable bonds is 10. The van der Waals surface area contributed by atoms with E-state index in [0.717, 1.165) is 24.3 Å². The zero-order chi connectivity index (χ0) is 13.9. The van der Waals surface area contributed by atoms with Crippen LogP contribution in [0.4, 0.5) is 0 Å². The summed E-state index contributed by atoms with van der Waals surface area (Å²) in [5, 5.41) is 3.13. The van der Waals surface area contributed by atoms with Crippen molar-refractivity contribution in [1.82, 2.24) is 5.32 Å². The largest absolute Gasteiger partial charge is 0.493 e. The fourth-order valence-electron chi connectivity index (χ4n) is 1.83. The van der Waals surface area contributed by atoms with Crippen LogP contribution < -0.4 is 10.1 Å². The van der Waals surface area contributed by atoms with Gasteiger partial charge in [-0.3, -0.25) is 0 Å². The molecule has 0 aliphatic rings. The normalized spacial score (nSPS) is 10.9. The van der Waals surface area contributed by atoms with Gasteiger partial charge < -0.3 is 19.5 Å². The van der Waals surface area contributed by atoms with Gasteiger partial charge in [0.25, 0.3) is 0 Å². The monoisotopic (exact) mass is 267 g/mol. The summed E-state index contributed by atoms with van der Waals surface area (Å²) in [6.45, 7) is 6.63. The van der Waals surface area contributed by atoms with Crippen LogP contribution in [0.5, 0.6) is 5.75 Å². The van der Waals surface area contributed by atoms with Crippen molar-refractivity contribution in [3.8, 4) is 5.75 Å². The van der Waals surface area contributed by atoms with Crippen molar-refractivity contribution in [3.05, 3.63) is 29.8 Å². The van der Waals surface area contributed by atoms with Gasteiger partial charge in [0, 0.05) is 31.7 Å². The lowest BCUT2D eigenvalue weighted by molar-refractivity contribution is -0.142. The number of hydrogen-bond donors (Lipinski definition) is 1. The minimum Gasteiger partial charge on any atom is -0.493 e. The van der Waals surface area contributed by atoms with Gasteiger partial charge in [0.15, 0.2) is 6.29 Å². The summed E-state index contributed by atoms with van der Waals surface area (Å²) in [6.07, 6.45) is 0.557. The van der Waals surface area contributed by atoms with E-state index >= 15 is 0 Å². The summed E-state index contributed by atoms with van der Waals surface area (Å²) in [7, 11) is 1.93. The smallest absolute Gasteiger partial charge is 0.160 e. The minimum atomic E-state index is -0.175. The molecule has 0 saturated heterocycles. The van der Waals surface area contributed by atoms with Crippen LogP contribution in [0.3, 0.4) is 0 Å². The molecule has 0 atom stereocenters. The Kier molecular flexibility index (Phi) is 8.21. The average Bonchev–Trinajstić information content (AvgIpc) is 2.41. The van der Waals surface area contributed by atoms with Gasteiger partial charge in [-0.05, 0) is 27.0 Å². The molecule has 0 saturated carbocycles. The molecule has 0 unspecified atom stereocenters. The Hall–Kier alpha value is -1.10. The average molecular weight is 267 g/mol. The molecular formula is C15H25NO3. The SMILES string of the molecule is CCOC(CCOc1ccccc1CNC)OCC. The molecule has 19 heavy (non-hydrogen) atoms. The van der Waals surface area contributed by atoms with Gasteiger partial charge in [0.1, 0.15) is 5.75 Å². The molecule has 0 radical (unpaired) electrons. The molecule has 108 valence electrons. The third-order valence-electron chi connectivity index (χ3n) is 2.66. The molecule has 0 fully saturated rings. The summed E-state index contributed by atoms with van der Waals surface area (Å²) < 4.78 is 16.8. The highest BCUT2D eigenvalue weighted by atomic mass is 16.7. The summed E-state index contributed by atoms with van der Waals surface area (Å²) in [5.41, 5.74) is 1.16. The van der Waals surface area contributed by atoms with Crippen molar-refractivity contribution in [2.24, 2.45) is 0 Å². The Morgan fingerprint density at radius 1 is 1.11 bits per heavy atom. The van der Waals surface area contributed by atoms with Crippen LogP contribution in [0, 0.1) is 0 Å². The quantitative estimate of drug-likeness (QED) is 0.661. The van der Waals surface area contributed by atoms with Crippen molar-refractivity contribution < 1.29 is 14.2 Å². The molecule has 0 aliphatic carbocycles. The molecule has 1 aromatic rings. The molecule has 0 bridgehead atoms. The molecule has 4 nitrogen and oxygen atoms in total. The Balaban J connectivity index is 2.42. The lowest BCUT2D eigenvalue weighted by Crippen LogP contribution is -2.20. The molecule has 0 aromatic heterocycles. The van der Waals surface area contributed by atoms with E-state index in [-0.39, 0.29) is 6.29 Å². The zero-order valence-corrected chi connectivity index (χ0v) is 12.1. The van der Waals surface area contributed by atoms with Crippen LogP contribution in [-0.4, -0.2) is 33.2 Å². The standard InChI is InChI=1S/C15H25NO3/c1-4-17-15(18-5-2)10-11-19-14-9-7-6-8-13(14)12-16-3/h6-9,15-16H,4-5,10-12H2,1-3H3. The Morgan fingerprint density at radius 2 is 1.79 bits per heavy atom. The number of para-hydroxylation sites is 1. The van der Waals surface area contributed by atoms with Crippen LogP contribution in [0.15, 0.2) is 24.3 Å². The molecular weight excluding hydrogens is 242 g/mol. The summed E-state index contributed by atoms with van der Waals surface area (Å²) in [5.74, 6) is 0.920. The molecule has 1 rings (SSSR count). The molecule has 0 heterocycles. The zero-order valence-electron chi connectivity index (χ0n) is 12.1. The van der Waals surface area contributed by atoms with Crippen molar-refractivity contribution in [1.29, 1.82) is 0 Å². The predicted molar refractivity (Wildman–Crippen MR) is 76.4 cm³/mol. The second-order valence-corrected chi connectivity index (χ2v) is 4.12. The molecule has 0 spiro atoms. The highest BCUT2D eigenvalue weighted by Gasteiger charge is 2.09. The number of nitrogens with one attached hydrogen (secondary N) is 1. The lowest BCUT2D eigenvalue weighted by Gasteiger charge is -2.17. The first-order chi connectivity index (χ1) is 9.31. The number of benzene rings is 1. The van der Waals surface area contributed by atoms with E-state index in [2.05, 4.69) is 11.4 Å². The van der Waals surface area contributed by atoms with Gasteiger partial charge in [0.2, 0.25) is 0 Å². The summed E-state index contributed by atoms with van der Waals surface area (Å²) >= 11 is 0. The summed E-state index contributed by atoms with van der Waals surface area (Å²) in [6, 6.07) is 8.05. The number of hydrogen-bond acceptors (Lipinski definition) is 4. The number of ether oxygens (including phenoxy) is 3. The van der Waals surface area contributed by atoms with Crippen LogP contribution in [0.25, 0.3) is 0 Å². The first-order valence-corrected chi connectivity index (χ1v) is 6.90. The Labute approximate surface area is 116 Å². The van der Waals surface area contributed by atoms with Crippen molar-refractivity contribution in [2.45, 2.75) is 33.1 Å². The van der Waals surface area contributed by atoms with Crippen molar-refractivity contribution in [2.75, 3.05) is 26.9 Å². The summed E-state index contributed by atoms with van der Waals surface area (Å²) in [4.78, 5) is 0. The second kappa shape index (κ2) is 9.78. The van der Waals surface area contributed by atoms with Gasteiger partial charge in [-0.15, -0.1) is 0 Å². The maximum absolute atomic E-state index is 5.81. The Morgan fingerprint density at radius 3 is 2.42 bits per heavy atom. The van der Waals surface area contributed by atoms with Crippen LogP contribution in [-0.2, 0) is 16.0 Å². The fourth-order valence-corrected chi connectivity index (χ4v) is 1.83. The third kappa shape index (κ3) is 6.05. The topological polar surface area (TPSA) is 39.7 Å². The minimum absolute atomic E-state index is 0.175. The lowest BCUT2D eigenvalue weighted by atomic mass is 10.2. The molecule has 1 N–H and O–H groups in total. The van der Waals surface area contributed by atoms with Crippen LogP contribution >= 0.6 is 0 Å². The molecule has 1 aromatic carbocycles. The van der Waals surface area contributed by atoms with E-state index in [1.54, 1.807) is 0 Å². The van der Waals surface area contributed by atoms with Crippen molar-refractivity contribution in [3.63, 3.8) is 0 Å². The van der Waals surface area contributed by atoms with Gasteiger partial charge in [-0.1, -0.05) is 18.2 Å². The van der Waals surface area contributed by atoms with Gasteiger partial charge in [0.05, 0.1) is 6.61 Å².